The molecule has 2 heteroatoms. The highest BCUT2D eigenvalue weighted by Gasteiger charge is 2.38. The molecular formula is C15H32N2. The summed E-state index contributed by atoms with van der Waals surface area (Å²) in [5.74, 6) is 0.889. The molecule has 2 nitrogen and oxygen atoms in total. The molecule has 0 spiro atoms. The van der Waals surface area contributed by atoms with Crippen LogP contribution >= 0.6 is 0 Å². The van der Waals surface area contributed by atoms with Crippen molar-refractivity contribution >= 4 is 0 Å². The highest BCUT2D eigenvalue weighted by molar-refractivity contribution is 4.95. The first-order valence-corrected chi connectivity index (χ1v) is 7.56. The zero-order valence-corrected chi connectivity index (χ0v) is 12.3. The Morgan fingerprint density at radius 1 is 1.18 bits per heavy atom. The largest absolute Gasteiger partial charge is 0.329 e. The second kappa shape index (κ2) is 6.75. The molecule has 0 aromatic carbocycles. The van der Waals surface area contributed by atoms with Gasteiger partial charge in [0.1, 0.15) is 0 Å². The van der Waals surface area contributed by atoms with Gasteiger partial charge < -0.3 is 5.73 Å². The van der Waals surface area contributed by atoms with Crippen molar-refractivity contribution in [2.24, 2.45) is 11.7 Å². The predicted octanol–water partition coefficient (Wildman–Crippen LogP) is 3.40. The van der Waals surface area contributed by atoms with Crippen molar-refractivity contribution in [3.05, 3.63) is 0 Å². The van der Waals surface area contributed by atoms with Gasteiger partial charge in [0.2, 0.25) is 0 Å². The second-order valence-corrected chi connectivity index (χ2v) is 6.10. The van der Waals surface area contributed by atoms with Crippen molar-refractivity contribution in [2.75, 3.05) is 13.1 Å². The molecule has 1 saturated heterocycles. The number of hydrogen-bond donors (Lipinski definition) is 1. The van der Waals surface area contributed by atoms with Crippen LogP contribution in [0.2, 0.25) is 0 Å². The highest BCUT2D eigenvalue weighted by Crippen LogP contribution is 2.34. The maximum absolute atomic E-state index is 6.17. The lowest BCUT2D eigenvalue weighted by Crippen LogP contribution is -2.59. The molecule has 17 heavy (non-hydrogen) atoms. The first-order chi connectivity index (χ1) is 8.09. The maximum atomic E-state index is 6.17. The van der Waals surface area contributed by atoms with E-state index in [2.05, 4.69) is 32.6 Å². The van der Waals surface area contributed by atoms with Crippen molar-refractivity contribution in [1.82, 2.24) is 4.90 Å². The van der Waals surface area contributed by atoms with Gasteiger partial charge in [0.25, 0.3) is 0 Å². The lowest BCUT2D eigenvalue weighted by molar-refractivity contribution is 0.00261. The van der Waals surface area contributed by atoms with E-state index in [-0.39, 0.29) is 5.54 Å². The molecule has 2 unspecified atom stereocenters. The van der Waals surface area contributed by atoms with E-state index in [1.807, 2.05) is 0 Å². The standard InChI is InChI=1S/C15H32N2/c1-5-8-15(12-16,9-6-2)17-10-7-13(3)11-14(17)4/h13-14H,5-12,16H2,1-4H3. The van der Waals surface area contributed by atoms with Gasteiger partial charge in [-0.25, -0.2) is 0 Å². The molecule has 2 N–H and O–H groups in total. The lowest BCUT2D eigenvalue weighted by atomic mass is 9.81. The van der Waals surface area contributed by atoms with Gasteiger partial charge in [-0.15, -0.1) is 0 Å². The van der Waals surface area contributed by atoms with E-state index in [0.717, 1.165) is 12.5 Å². The maximum Gasteiger partial charge on any atom is 0.0334 e. The number of nitrogens with two attached hydrogens (primary N) is 1. The van der Waals surface area contributed by atoms with Crippen molar-refractivity contribution in [1.29, 1.82) is 0 Å². The van der Waals surface area contributed by atoms with E-state index in [1.165, 1.54) is 45.1 Å². The molecule has 1 fully saturated rings. The Hall–Kier alpha value is -0.0800. The fourth-order valence-corrected chi connectivity index (χ4v) is 3.78. The third-order valence-electron chi connectivity index (χ3n) is 4.56. The molecule has 1 rings (SSSR count). The number of nitrogens with zero attached hydrogens (tertiary/aromatic N) is 1. The Morgan fingerprint density at radius 2 is 1.76 bits per heavy atom. The molecule has 0 aliphatic carbocycles. The Kier molecular flexibility index (Phi) is 5.94. The SMILES string of the molecule is CCCC(CN)(CCC)N1CCC(C)CC1C. The summed E-state index contributed by atoms with van der Waals surface area (Å²) in [6.45, 7) is 11.4. The molecule has 0 saturated carbocycles. The fourth-order valence-electron chi connectivity index (χ4n) is 3.78. The van der Waals surface area contributed by atoms with Gasteiger partial charge in [-0.05, 0) is 45.1 Å². The van der Waals surface area contributed by atoms with Crippen LogP contribution in [0.5, 0.6) is 0 Å². The van der Waals surface area contributed by atoms with Crippen molar-refractivity contribution in [3.63, 3.8) is 0 Å². The number of piperidine rings is 1. The van der Waals surface area contributed by atoms with Crippen LogP contribution < -0.4 is 5.73 Å². The zero-order valence-electron chi connectivity index (χ0n) is 12.3. The van der Waals surface area contributed by atoms with E-state index in [0.29, 0.717) is 6.04 Å². The van der Waals surface area contributed by atoms with Crippen LogP contribution in [0, 0.1) is 5.92 Å². The molecular weight excluding hydrogens is 208 g/mol. The van der Waals surface area contributed by atoms with E-state index >= 15 is 0 Å². The summed E-state index contributed by atoms with van der Waals surface area (Å²) in [5.41, 5.74) is 6.45. The van der Waals surface area contributed by atoms with Crippen LogP contribution in [0.4, 0.5) is 0 Å². The summed E-state index contributed by atoms with van der Waals surface area (Å²) in [6.07, 6.45) is 7.70. The molecule has 1 heterocycles. The van der Waals surface area contributed by atoms with Crippen molar-refractivity contribution < 1.29 is 0 Å². The van der Waals surface area contributed by atoms with E-state index in [1.54, 1.807) is 0 Å². The number of hydrogen-bond acceptors (Lipinski definition) is 2. The molecule has 102 valence electrons. The third-order valence-corrected chi connectivity index (χ3v) is 4.56. The third kappa shape index (κ3) is 3.45. The summed E-state index contributed by atoms with van der Waals surface area (Å²) in [4.78, 5) is 2.74. The fraction of sp³-hybridized carbons (Fsp3) is 1.00. The number of rotatable bonds is 6. The molecule has 0 amide bonds. The van der Waals surface area contributed by atoms with Crippen molar-refractivity contribution in [3.8, 4) is 0 Å². The van der Waals surface area contributed by atoms with Crippen LogP contribution in [0.25, 0.3) is 0 Å². The minimum absolute atomic E-state index is 0.281. The van der Waals surface area contributed by atoms with Crippen molar-refractivity contribution in [2.45, 2.75) is 77.8 Å². The minimum atomic E-state index is 0.281. The monoisotopic (exact) mass is 240 g/mol. The Labute approximate surface area is 108 Å². The molecule has 0 radical (unpaired) electrons. The average Bonchev–Trinajstić information content (AvgIpc) is 2.28. The Balaban J connectivity index is 2.80. The molecule has 1 aliphatic rings. The minimum Gasteiger partial charge on any atom is -0.329 e. The van der Waals surface area contributed by atoms with Gasteiger partial charge in [-0.1, -0.05) is 33.6 Å². The van der Waals surface area contributed by atoms with Gasteiger partial charge in [0.15, 0.2) is 0 Å². The first kappa shape index (κ1) is 15.0. The quantitative estimate of drug-likeness (QED) is 0.771. The first-order valence-electron chi connectivity index (χ1n) is 7.56. The summed E-state index contributed by atoms with van der Waals surface area (Å²) >= 11 is 0. The summed E-state index contributed by atoms with van der Waals surface area (Å²) in [7, 11) is 0. The second-order valence-electron chi connectivity index (χ2n) is 6.10. The molecule has 0 aromatic heterocycles. The van der Waals surface area contributed by atoms with Gasteiger partial charge in [-0.3, -0.25) is 4.90 Å². The number of likely N-dealkylation sites (tertiary alicyclic amines) is 1. The lowest BCUT2D eigenvalue weighted by Gasteiger charge is -2.50. The Bertz CT molecular complexity index is 209. The van der Waals surface area contributed by atoms with Crippen LogP contribution in [-0.4, -0.2) is 29.6 Å². The summed E-state index contributed by atoms with van der Waals surface area (Å²) in [6, 6.07) is 0.709. The predicted molar refractivity (Wildman–Crippen MR) is 76.2 cm³/mol. The van der Waals surface area contributed by atoms with E-state index in [9.17, 15) is 0 Å². The molecule has 0 bridgehead atoms. The summed E-state index contributed by atoms with van der Waals surface area (Å²) < 4.78 is 0. The van der Waals surface area contributed by atoms with E-state index in [4.69, 9.17) is 5.73 Å². The molecule has 0 aromatic rings. The van der Waals surface area contributed by atoms with Crippen LogP contribution in [-0.2, 0) is 0 Å². The van der Waals surface area contributed by atoms with Crippen LogP contribution in [0.15, 0.2) is 0 Å². The highest BCUT2D eigenvalue weighted by atomic mass is 15.2. The topological polar surface area (TPSA) is 29.3 Å². The molecule has 1 aliphatic heterocycles. The van der Waals surface area contributed by atoms with Gasteiger partial charge >= 0.3 is 0 Å². The van der Waals surface area contributed by atoms with Gasteiger partial charge in [-0.2, -0.15) is 0 Å². The van der Waals surface area contributed by atoms with Gasteiger partial charge in [0.05, 0.1) is 0 Å². The summed E-state index contributed by atoms with van der Waals surface area (Å²) in [5, 5.41) is 0. The smallest absolute Gasteiger partial charge is 0.0334 e. The zero-order chi connectivity index (χ0) is 12.9. The van der Waals surface area contributed by atoms with Crippen LogP contribution in [0.3, 0.4) is 0 Å². The van der Waals surface area contributed by atoms with Crippen LogP contribution in [0.1, 0.15) is 66.2 Å². The molecule has 2 atom stereocenters. The van der Waals surface area contributed by atoms with Gasteiger partial charge in [0, 0.05) is 18.1 Å². The Morgan fingerprint density at radius 3 is 2.18 bits per heavy atom. The normalized spacial score (nSPS) is 27.4. The average molecular weight is 240 g/mol. The van der Waals surface area contributed by atoms with E-state index < -0.39 is 0 Å².